The third-order valence-electron chi connectivity index (χ3n) is 5.95. The molecule has 8 heteroatoms. The molecule has 0 aliphatic heterocycles. The normalized spacial score (nSPS) is 12.0. The Hall–Kier alpha value is -4.04. The molecule has 4 aromatic rings. The van der Waals surface area contributed by atoms with Gasteiger partial charge in [0.1, 0.15) is 24.2 Å². The van der Waals surface area contributed by atoms with Crippen LogP contribution in [-0.4, -0.2) is 24.1 Å². The van der Waals surface area contributed by atoms with E-state index in [1.165, 1.54) is 24.3 Å². The van der Waals surface area contributed by atoms with Gasteiger partial charge in [-0.05, 0) is 64.7 Å². The topological polar surface area (TPSA) is 79.8 Å². The minimum absolute atomic E-state index is 0.211. The minimum Gasteiger partial charge on any atom is -0.488 e. The van der Waals surface area contributed by atoms with Crippen molar-refractivity contribution in [3.05, 3.63) is 112 Å². The molecule has 1 unspecified atom stereocenters. The van der Waals surface area contributed by atoms with Gasteiger partial charge in [-0.25, -0.2) is 9.82 Å². The van der Waals surface area contributed by atoms with Crippen molar-refractivity contribution < 1.29 is 18.7 Å². The summed E-state index contributed by atoms with van der Waals surface area (Å²) in [4.78, 5) is 25.5. The van der Waals surface area contributed by atoms with Crippen LogP contribution in [0.1, 0.15) is 35.3 Å². The number of ether oxygens (including phenoxy) is 1. The molecule has 0 aliphatic rings. The molecule has 1 atom stereocenters. The lowest BCUT2D eigenvalue weighted by atomic mass is 10.0. The first-order valence-corrected chi connectivity index (χ1v) is 12.9. The fourth-order valence-corrected chi connectivity index (χ4v) is 4.13. The second-order valence-corrected chi connectivity index (χ2v) is 9.97. The van der Waals surface area contributed by atoms with E-state index in [-0.39, 0.29) is 11.5 Å². The van der Waals surface area contributed by atoms with E-state index in [1.807, 2.05) is 74.5 Å². The fourth-order valence-electron chi connectivity index (χ4n) is 3.87. The lowest BCUT2D eigenvalue weighted by molar-refractivity contribution is -0.123. The van der Waals surface area contributed by atoms with E-state index in [4.69, 9.17) is 4.74 Å². The van der Waals surface area contributed by atoms with Crippen molar-refractivity contribution >= 4 is 44.7 Å². The number of carbonyl (C=O) groups is 2. The zero-order valence-electron chi connectivity index (χ0n) is 20.9. The molecule has 194 valence electrons. The lowest BCUT2D eigenvalue weighted by Gasteiger charge is -2.20. The van der Waals surface area contributed by atoms with Crippen LogP contribution in [0.2, 0.25) is 0 Å². The van der Waals surface area contributed by atoms with Gasteiger partial charge < -0.3 is 10.1 Å². The Morgan fingerprint density at radius 1 is 0.974 bits per heavy atom. The molecule has 2 N–H and O–H groups in total. The molecule has 0 aliphatic carbocycles. The number of nitrogens with zero attached hydrogens (tertiary/aromatic N) is 1. The number of amides is 2. The Morgan fingerprint density at radius 3 is 2.39 bits per heavy atom. The van der Waals surface area contributed by atoms with Crippen molar-refractivity contribution in [3.63, 3.8) is 0 Å². The second kappa shape index (κ2) is 12.5. The van der Waals surface area contributed by atoms with Gasteiger partial charge in [-0.3, -0.25) is 9.59 Å². The Kier molecular flexibility index (Phi) is 8.86. The van der Waals surface area contributed by atoms with E-state index in [0.717, 1.165) is 26.4 Å². The van der Waals surface area contributed by atoms with Crippen LogP contribution in [-0.2, 0) is 11.4 Å². The molecule has 38 heavy (non-hydrogen) atoms. The molecule has 4 rings (SSSR count). The van der Waals surface area contributed by atoms with Crippen molar-refractivity contribution in [3.8, 4) is 5.75 Å². The maximum absolute atomic E-state index is 13.2. The van der Waals surface area contributed by atoms with Gasteiger partial charge >= 0.3 is 0 Å². The number of hydrogen-bond donors (Lipinski definition) is 2. The summed E-state index contributed by atoms with van der Waals surface area (Å²) < 4.78 is 20.3. The third-order valence-corrected chi connectivity index (χ3v) is 6.48. The molecule has 0 radical (unpaired) electrons. The van der Waals surface area contributed by atoms with E-state index in [0.29, 0.717) is 12.4 Å². The molecule has 0 aromatic heterocycles. The molecule has 4 aromatic carbocycles. The van der Waals surface area contributed by atoms with Gasteiger partial charge in [0, 0.05) is 15.6 Å². The number of fused-ring (bicyclic) bond motifs is 1. The lowest BCUT2D eigenvalue weighted by Crippen LogP contribution is -2.48. The second-order valence-electron chi connectivity index (χ2n) is 9.05. The predicted octanol–water partition coefficient (Wildman–Crippen LogP) is 6.23. The maximum atomic E-state index is 13.2. The number of halogens is 2. The molecular formula is C30H27BrFN3O3. The SMILES string of the molecule is CC(C)C(NC(=O)c1ccc(F)cc1)C(=O)NN=Cc1c(OCc2ccc(Br)cc2)ccc2ccccc12. The standard InChI is InChI=1S/C30H27BrFN3O3/c1-19(2)28(34-29(36)22-9-14-24(32)15-10-22)30(37)35-33-17-26-25-6-4-3-5-21(25)11-16-27(26)38-18-20-7-12-23(31)13-8-20/h3-17,19,28H,18H2,1-2H3,(H,34,36)(H,35,37). The number of hydrogen-bond acceptors (Lipinski definition) is 4. The van der Waals surface area contributed by atoms with Gasteiger partial charge in [-0.1, -0.05) is 72.2 Å². The van der Waals surface area contributed by atoms with Crippen LogP contribution in [0.25, 0.3) is 10.8 Å². The molecule has 6 nitrogen and oxygen atoms in total. The van der Waals surface area contributed by atoms with Crippen molar-refractivity contribution in [2.45, 2.75) is 26.5 Å². The number of carbonyl (C=O) groups excluding carboxylic acids is 2. The highest BCUT2D eigenvalue weighted by atomic mass is 79.9. The first-order chi connectivity index (χ1) is 18.3. The van der Waals surface area contributed by atoms with Crippen LogP contribution in [0.15, 0.2) is 94.5 Å². The quantitative estimate of drug-likeness (QED) is 0.183. The van der Waals surface area contributed by atoms with E-state index in [1.54, 1.807) is 6.21 Å². The minimum atomic E-state index is -0.842. The van der Waals surface area contributed by atoms with Crippen molar-refractivity contribution in [2.75, 3.05) is 0 Å². The smallest absolute Gasteiger partial charge is 0.262 e. The average Bonchev–Trinajstić information content (AvgIpc) is 2.92. The summed E-state index contributed by atoms with van der Waals surface area (Å²) in [5, 5.41) is 8.83. The molecule has 0 saturated heterocycles. The van der Waals surface area contributed by atoms with Crippen LogP contribution in [0, 0.1) is 11.7 Å². The number of hydrazone groups is 1. The van der Waals surface area contributed by atoms with Crippen molar-refractivity contribution in [1.29, 1.82) is 0 Å². The highest BCUT2D eigenvalue weighted by Crippen LogP contribution is 2.27. The van der Waals surface area contributed by atoms with Gasteiger partial charge in [-0.2, -0.15) is 5.10 Å². The van der Waals surface area contributed by atoms with E-state index >= 15 is 0 Å². The largest absolute Gasteiger partial charge is 0.488 e. The van der Waals surface area contributed by atoms with Crippen LogP contribution in [0.4, 0.5) is 4.39 Å². The van der Waals surface area contributed by atoms with Crippen molar-refractivity contribution in [2.24, 2.45) is 11.0 Å². The summed E-state index contributed by atoms with van der Waals surface area (Å²) in [6.07, 6.45) is 1.55. The Labute approximate surface area is 229 Å². The molecule has 0 bridgehead atoms. The van der Waals surface area contributed by atoms with Gasteiger partial charge in [0.15, 0.2) is 0 Å². The fraction of sp³-hybridized carbons (Fsp3) is 0.167. The van der Waals surface area contributed by atoms with E-state index in [2.05, 4.69) is 31.8 Å². The van der Waals surface area contributed by atoms with Crippen LogP contribution >= 0.6 is 15.9 Å². The van der Waals surface area contributed by atoms with Crippen LogP contribution in [0.3, 0.4) is 0 Å². The van der Waals surface area contributed by atoms with Crippen LogP contribution < -0.4 is 15.5 Å². The number of nitrogens with one attached hydrogen (secondary N) is 2. The Bertz CT molecular complexity index is 1450. The van der Waals surface area contributed by atoms with Crippen molar-refractivity contribution in [1.82, 2.24) is 10.7 Å². The summed E-state index contributed by atoms with van der Waals surface area (Å²) in [5.74, 6) is -0.973. The van der Waals surface area contributed by atoms with Crippen LogP contribution in [0.5, 0.6) is 5.75 Å². The zero-order valence-corrected chi connectivity index (χ0v) is 22.5. The van der Waals surface area contributed by atoms with E-state index < -0.39 is 23.7 Å². The summed E-state index contributed by atoms with van der Waals surface area (Å²) in [5.41, 5.74) is 4.53. The van der Waals surface area contributed by atoms with Gasteiger partial charge in [0.2, 0.25) is 0 Å². The molecule has 2 amide bonds. The molecule has 0 fully saturated rings. The number of benzene rings is 4. The maximum Gasteiger partial charge on any atom is 0.262 e. The first kappa shape index (κ1) is 27.0. The molecule has 0 saturated carbocycles. The summed E-state index contributed by atoms with van der Waals surface area (Å²) >= 11 is 3.44. The number of rotatable bonds is 9. The van der Waals surface area contributed by atoms with Gasteiger partial charge in [-0.15, -0.1) is 0 Å². The summed E-state index contributed by atoms with van der Waals surface area (Å²) in [6, 6.07) is 23.8. The molecular weight excluding hydrogens is 549 g/mol. The third kappa shape index (κ3) is 6.83. The predicted molar refractivity (Wildman–Crippen MR) is 151 cm³/mol. The monoisotopic (exact) mass is 575 g/mol. The highest BCUT2D eigenvalue weighted by Gasteiger charge is 2.24. The molecule has 0 spiro atoms. The molecule has 0 heterocycles. The summed E-state index contributed by atoms with van der Waals surface area (Å²) in [7, 11) is 0. The highest BCUT2D eigenvalue weighted by molar-refractivity contribution is 9.10. The zero-order chi connectivity index (χ0) is 27.1. The van der Waals surface area contributed by atoms with E-state index in [9.17, 15) is 14.0 Å². The Morgan fingerprint density at radius 2 is 1.68 bits per heavy atom. The first-order valence-electron chi connectivity index (χ1n) is 12.1. The van der Waals surface area contributed by atoms with Gasteiger partial charge in [0.05, 0.1) is 6.21 Å². The Balaban J connectivity index is 1.51. The summed E-state index contributed by atoms with van der Waals surface area (Å²) in [6.45, 7) is 4.00. The average molecular weight is 576 g/mol. The van der Waals surface area contributed by atoms with Gasteiger partial charge in [0.25, 0.3) is 11.8 Å².